The molecule has 0 atom stereocenters. The molecule has 1 aromatic heterocycles. The molecule has 0 spiro atoms. The Bertz CT molecular complexity index is 281. The second-order valence-corrected chi connectivity index (χ2v) is 3.37. The molecule has 0 unspecified atom stereocenters. The zero-order chi connectivity index (χ0) is 10.6. The van der Waals surface area contributed by atoms with E-state index in [2.05, 4.69) is 10.2 Å². The van der Waals surface area contributed by atoms with Crippen molar-refractivity contribution in [2.45, 2.75) is 19.9 Å². The van der Waals surface area contributed by atoms with Gasteiger partial charge in [0, 0.05) is 25.3 Å². The Kier molecular flexibility index (Phi) is 3.64. The molecule has 0 aliphatic heterocycles. The molecule has 0 aromatic carbocycles. The summed E-state index contributed by atoms with van der Waals surface area (Å²) in [5.74, 6) is -0.0285. The molecule has 1 aromatic rings. The average Bonchev–Trinajstić information content (AvgIpc) is 2.65. The number of nitrogens with one attached hydrogen (secondary N) is 1. The van der Waals surface area contributed by atoms with Gasteiger partial charge in [-0.05, 0) is 13.8 Å². The first-order chi connectivity index (χ1) is 6.66. The minimum absolute atomic E-state index is 0.0285. The lowest BCUT2D eigenvalue weighted by Crippen LogP contribution is -2.40. The molecule has 0 saturated heterocycles. The highest BCUT2D eigenvalue weighted by molar-refractivity contribution is 5.93. The highest BCUT2D eigenvalue weighted by Crippen LogP contribution is 2.05. The normalized spacial score (nSPS) is 10.6. The SMILES string of the molecule is CC(C)N(CCN)C(=O)c1cn[nH]c1. The van der Waals surface area contributed by atoms with E-state index in [-0.39, 0.29) is 11.9 Å². The van der Waals surface area contributed by atoms with Crippen LogP contribution in [0.3, 0.4) is 0 Å². The summed E-state index contributed by atoms with van der Waals surface area (Å²) in [5, 5.41) is 6.36. The van der Waals surface area contributed by atoms with Gasteiger partial charge in [-0.1, -0.05) is 0 Å². The van der Waals surface area contributed by atoms with Crippen molar-refractivity contribution >= 4 is 5.91 Å². The lowest BCUT2D eigenvalue weighted by Gasteiger charge is -2.25. The fourth-order valence-electron chi connectivity index (χ4n) is 1.27. The van der Waals surface area contributed by atoms with Crippen LogP contribution in [0.4, 0.5) is 0 Å². The van der Waals surface area contributed by atoms with Crippen LogP contribution < -0.4 is 5.73 Å². The highest BCUT2D eigenvalue weighted by atomic mass is 16.2. The number of nitrogens with zero attached hydrogens (tertiary/aromatic N) is 2. The molecule has 1 rings (SSSR count). The van der Waals surface area contributed by atoms with Gasteiger partial charge >= 0.3 is 0 Å². The van der Waals surface area contributed by atoms with E-state index >= 15 is 0 Å². The van der Waals surface area contributed by atoms with Crippen LogP contribution in [-0.2, 0) is 0 Å². The number of aromatic nitrogens is 2. The van der Waals surface area contributed by atoms with Crippen LogP contribution in [-0.4, -0.2) is 40.1 Å². The van der Waals surface area contributed by atoms with Crippen molar-refractivity contribution in [3.05, 3.63) is 18.0 Å². The van der Waals surface area contributed by atoms with Gasteiger partial charge in [0.05, 0.1) is 11.8 Å². The summed E-state index contributed by atoms with van der Waals surface area (Å²) in [6.45, 7) is 4.98. The van der Waals surface area contributed by atoms with Crippen molar-refractivity contribution in [3.63, 3.8) is 0 Å². The number of hydrogen-bond donors (Lipinski definition) is 2. The van der Waals surface area contributed by atoms with Crippen molar-refractivity contribution in [1.82, 2.24) is 15.1 Å². The Balaban J connectivity index is 2.74. The second-order valence-electron chi connectivity index (χ2n) is 3.37. The average molecular weight is 196 g/mol. The maximum Gasteiger partial charge on any atom is 0.257 e. The molecular formula is C9H16N4O. The molecule has 0 bridgehead atoms. The van der Waals surface area contributed by atoms with E-state index in [4.69, 9.17) is 5.73 Å². The number of amides is 1. The molecule has 0 fully saturated rings. The van der Waals surface area contributed by atoms with Crippen LogP contribution in [0.1, 0.15) is 24.2 Å². The molecule has 1 amide bonds. The maximum atomic E-state index is 11.8. The van der Waals surface area contributed by atoms with Crippen molar-refractivity contribution in [2.24, 2.45) is 5.73 Å². The molecule has 0 saturated carbocycles. The fourth-order valence-corrected chi connectivity index (χ4v) is 1.27. The Labute approximate surface area is 83.3 Å². The fraction of sp³-hybridized carbons (Fsp3) is 0.556. The number of hydrogen-bond acceptors (Lipinski definition) is 3. The van der Waals surface area contributed by atoms with Crippen LogP contribution in [0.25, 0.3) is 0 Å². The number of carbonyl (C=O) groups is 1. The summed E-state index contributed by atoms with van der Waals surface area (Å²) in [6, 6.07) is 0.154. The van der Waals surface area contributed by atoms with Gasteiger partial charge in [0.2, 0.25) is 0 Å². The summed E-state index contributed by atoms with van der Waals surface area (Å²) >= 11 is 0. The number of carbonyl (C=O) groups excluding carboxylic acids is 1. The molecule has 0 aliphatic carbocycles. The highest BCUT2D eigenvalue weighted by Gasteiger charge is 2.18. The predicted octanol–water partition coefficient (Wildman–Crippen LogP) is 0.219. The third-order valence-corrected chi connectivity index (χ3v) is 2.00. The van der Waals surface area contributed by atoms with Gasteiger partial charge in [-0.25, -0.2) is 0 Å². The standard InChI is InChI=1S/C9H16N4O/c1-7(2)13(4-3-10)9(14)8-5-11-12-6-8/h5-7H,3-4,10H2,1-2H3,(H,11,12). The van der Waals surface area contributed by atoms with Gasteiger partial charge in [0.25, 0.3) is 5.91 Å². The molecule has 3 N–H and O–H groups in total. The van der Waals surface area contributed by atoms with Gasteiger partial charge in [-0.3, -0.25) is 9.89 Å². The summed E-state index contributed by atoms with van der Waals surface area (Å²) in [6.07, 6.45) is 3.11. The second kappa shape index (κ2) is 4.76. The van der Waals surface area contributed by atoms with Crippen molar-refractivity contribution in [2.75, 3.05) is 13.1 Å². The van der Waals surface area contributed by atoms with Gasteiger partial charge in [0.15, 0.2) is 0 Å². The molecule has 5 heteroatoms. The van der Waals surface area contributed by atoms with Gasteiger partial charge in [-0.15, -0.1) is 0 Å². The minimum Gasteiger partial charge on any atom is -0.335 e. The quantitative estimate of drug-likeness (QED) is 0.723. The van der Waals surface area contributed by atoms with Gasteiger partial charge in [0.1, 0.15) is 0 Å². The Morgan fingerprint density at radius 2 is 2.43 bits per heavy atom. The molecule has 1 heterocycles. The Morgan fingerprint density at radius 1 is 1.71 bits per heavy atom. The third-order valence-electron chi connectivity index (χ3n) is 2.00. The zero-order valence-electron chi connectivity index (χ0n) is 8.53. The van der Waals surface area contributed by atoms with E-state index in [1.54, 1.807) is 11.1 Å². The largest absolute Gasteiger partial charge is 0.335 e. The molecular weight excluding hydrogens is 180 g/mol. The lowest BCUT2D eigenvalue weighted by molar-refractivity contribution is 0.0712. The smallest absolute Gasteiger partial charge is 0.257 e. The van der Waals surface area contributed by atoms with Gasteiger partial charge in [-0.2, -0.15) is 5.10 Å². The first-order valence-corrected chi connectivity index (χ1v) is 4.66. The van der Waals surface area contributed by atoms with Crippen molar-refractivity contribution in [3.8, 4) is 0 Å². The van der Waals surface area contributed by atoms with Crippen LogP contribution in [0.5, 0.6) is 0 Å². The Hall–Kier alpha value is -1.36. The van der Waals surface area contributed by atoms with E-state index in [1.807, 2.05) is 13.8 Å². The number of aromatic amines is 1. The van der Waals surface area contributed by atoms with Crippen LogP contribution in [0, 0.1) is 0 Å². The third kappa shape index (κ3) is 2.32. The first kappa shape index (κ1) is 10.7. The van der Waals surface area contributed by atoms with Crippen LogP contribution >= 0.6 is 0 Å². The van der Waals surface area contributed by atoms with E-state index < -0.39 is 0 Å². The summed E-state index contributed by atoms with van der Waals surface area (Å²) in [7, 11) is 0. The molecule has 78 valence electrons. The van der Waals surface area contributed by atoms with Crippen molar-refractivity contribution in [1.29, 1.82) is 0 Å². The topological polar surface area (TPSA) is 75.0 Å². The molecule has 5 nitrogen and oxygen atoms in total. The Morgan fingerprint density at radius 3 is 2.86 bits per heavy atom. The van der Waals surface area contributed by atoms with Crippen molar-refractivity contribution < 1.29 is 4.79 Å². The predicted molar refractivity (Wildman–Crippen MR) is 53.8 cm³/mol. The lowest BCUT2D eigenvalue weighted by atomic mass is 10.2. The number of H-pyrrole nitrogens is 1. The van der Waals surface area contributed by atoms with Crippen LogP contribution in [0.2, 0.25) is 0 Å². The number of rotatable bonds is 4. The summed E-state index contributed by atoms with van der Waals surface area (Å²) < 4.78 is 0. The molecule has 0 aliphatic rings. The minimum atomic E-state index is -0.0285. The van der Waals surface area contributed by atoms with Crippen LogP contribution in [0.15, 0.2) is 12.4 Å². The zero-order valence-corrected chi connectivity index (χ0v) is 8.53. The van der Waals surface area contributed by atoms with E-state index in [9.17, 15) is 4.79 Å². The summed E-state index contributed by atoms with van der Waals surface area (Å²) in [5.41, 5.74) is 6.02. The number of nitrogens with two attached hydrogens (primary N) is 1. The summed E-state index contributed by atoms with van der Waals surface area (Å²) in [4.78, 5) is 13.6. The molecule has 0 radical (unpaired) electrons. The maximum absolute atomic E-state index is 11.8. The van der Waals surface area contributed by atoms with E-state index in [1.165, 1.54) is 6.20 Å². The monoisotopic (exact) mass is 196 g/mol. The first-order valence-electron chi connectivity index (χ1n) is 4.66. The van der Waals surface area contributed by atoms with E-state index in [0.29, 0.717) is 18.7 Å². The van der Waals surface area contributed by atoms with Gasteiger partial charge < -0.3 is 10.6 Å². The van der Waals surface area contributed by atoms with E-state index in [0.717, 1.165) is 0 Å². The molecule has 14 heavy (non-hydrogen) atoms.